The van der Waals surface area contributed by atoms with Gasteiger partial charge in [-0.05, 0) is 49.2 Å². The van der Waals surface area contributed by atoms with Crippen LogP contribution in [0.25, 0.3) is 10.9 Å². The Hall–Kier alpha value is -2.26. The summed E-state index contributed by atoms with van der Waals surface area (Å²) < 4.78 is 2.30. The van der Waals surface area contributed by atoms with E-state index in [0.29, 0.717) is 12.3 Å². The predicted molar refractivity (Wildman–Crippen MR) is 86.6 cm³/mol. The molecule has 0 fully saturated rings. The van der Waals surface area contributed by atoms with E-state index in [0.717, 1.165) is 23.9 Å². The van der Waals surface area contributed by atoms with Crippen molar-refractivity contribution in [2.24, 2.45) is 5.73 Å². The van der Waals surface area contributed by atoms with Crippen LogP contribution in [0.5, 0.6) is 5.75 Å². The fourth-order valence-corrected chi connectivity index (χ4v) is 2.97. The molecular weight excluding hydrogens is 260 g/mol. The average molecular weight is 280 g/mol. The lowest BCUT2D eigenvalue weighted by Gasteiger charge is -2.09. The van der Waals surface area contributed by atoms with E-state index >= 15 is 0 Å². The first-order valence-corrected chi connectivity index (χ1v) is 7.25. The maximum Gasteiger partial charge on any atom is 0.116 e. The first kappa shape index (κ1) is 13.7. The summed E-state index contributed by atoms with van der Waals surface area (Å²) in [5, 5.41) is 10.9. The highest BCUT2D eigenvalue weighted by Crippen LogP contribution is 2.29. The number of fused-ring (bicyclic) bond motifs is 1. The van der Waals surface area contributed by atoms with E-state index in [1.165, 1.54) is 16.8 Å². The molecule has 0 spiro atoms. The van der Waals surface area contributed by atoms with Gasteiger partial charge in [0.25, 0.3) is 0 Å². The Morgan fingerprint density at radius 1 is 1.10 bits per heavy atom. The maximum absolute atomic E-state index is 9.77. The van der Waals surface area contributed by atoms with Crippen molar-refractivity contribution in [3.8, 4) is 5.75 Å². The predicted octanol–water partition coefficient (Wildman–Crippen LogP) is 3.20. The van der Waals surface area contributed by atoms with Crippen molar-refractivity contribution in [2.45, 2.75) is 19.9 Å². The van der Waals surface area contributed by atoms with Crippen molar-refractivity contribution >= 4 is 10.9 Å². The molecule has 0 atom stereocenters. The third-order valence-electron chi connectivity index (χ3n) is 4.02. The summed E-state index contributed by atoms with van der Waals surface area (Å²) in [4.78, 5) is 0. The number of aromatic hydroxyl groups is 1. The van der Waals surface area contributed by atoms with Crippen molar-refractivity contribution in [1.82, 2.24) is 4.57 Å². The smallest absolute Gasteiger partial charge is 0.116 e. The van der Waals surface area contributed by atoms with E-state index in [4.69, 9.17) is 5.73 Å². The summed E-state index contributed by atoms with van der Waals surface area (Å²) in [5.41, 5.74) is 10.6. The van der Waals surface area contributed by atoms with Gasteiger partial charge in [-0.15, -0.1) is 0 Å². The second-order valence-corrected chi connectivity index (χ2v) is 5.38. The molecule has 1 heterocycles. The van der Waals surface area contributed by atoms with Crippen molar-refractivity contribution in [2.75, 3.05) is 6.54 Å². The van der Waals surface area contributed by atoms with E-state index in [9.17, 15) is 5.11 Å². The van der Waals surface area contributed by atoms with E-state index in [1.54, 1.807) is 6.07 Å². The number of benzene rings is 2. The number of rotatable bonds is 4. The van der Waals surface area contributed by atoms with Crippen LogP contribution in [0.15, 0.2) is 48.5 Å². The summed E-state index contributed by atoms with van der Waals surface area (Å²) in [6, 6.07) is 16.0. The lowest BCUT2D eigenvalue weighted by molar-refractivity contribution is 0.476. The summed E-state index contributed by atoms with van der Waals surface area (Å²) in [7, 11) is 0. The number of phenolic OH excluding ortho intramolecular Hbond substituents is 1. The molecule has 0 bridgehead atoms. The van der Waals surface area contributed by atoms with Crippen molar-refractivity contribution in [1.29, 1.82) is 0 Å². The van der Waals surface area contributed by atoms with E-state index in [-0.39, 0.29) is 0 Å². The van der Waals surface area contributed by atoms with Crippen LogP contribution >= 0.6 is 0 Å². The van der Waals surface area contributed by atoms with Crippen LogP contribution in [0.1, 0.15) is 16.8 Å². The highest BCUT2D eigenvalue weighted by atomic mass is 16.3. The van der Waals surface area contributed by atoms with E-state index < -0.39 is 0 Å². The third-order valence-corrected chi connectivity index (χ3v) is 4.02. The van der Waals surface area contributed by atoms with E-state index in [2.05, 4.69) is 35.8 Å². The normalized spacial score (nSPS) is 11.1. The van der Waals surface area contributed by atoms with Gasteiger partial charge in [0.15, 0.2) is 0 Å². The molecule has 0 aliphatic carbocycles. The lowest BCUT2D eigenvalue weighted by Crippen LogP contribution is -2.05. The summed E-state index contributed by atoms with van der Waals surface area (Å²) >= 11 is 0. The second kappa shape index (κ2) is 5.62. The molecule has 0 amide bonds. The lowest BCUT2D eigenvalue weighted by atomic mass is 10.1. The molecule has 21 heavy (non-hydrogen) atoms. The van der Waals surface area contributed by atoms with Crippen molar-refractivity contribution in [3.05, 3.63) is 65.4 Å². The summed E-state index contributed by atoms with van der Waals surface area (Å²) in [6.07, 6.45) is 0.827. The van der Waals surface area contributed by atoms with Gasteiger partial charge in [0.2, 0.25) is 0 Å². The first-order chi connectivity index (χ1) is 10.2. The quantitative estimate of drug-likeness (QED) is 0.771. The summed E-state index contributed by atoms with van der Waals surface area (Å²) in [5.74, 6) is 0.303. The Labute approximate surface area is 124 Å². The van der Waals surface area contributed by atoms with Crippen LogP contribution in [0.2, 0.25) is 0 Å². The zero-order valence-corrected chi connectivity index (χ0v) is 12.2. The molecule has 3 N–H and O–H groups in total. The molecule has 2 aromatic carbocycles. The van der Waals surface area contributed by atoms with Gasteiger partial charge in [0, 0.05) is 23.1 Å². The van der Waals surface area contributed by atoms with Gasteiger partial charge in [0.1, 0.15) is 5.75 Å². The molecule has 3 nitrogen and oxygen atoms in total. The van der Waals surface area contributed by atoms with E-state index in [1.807, 2.05) is 18.2 Å². The minimum absolute atomic E-state index is 0.303. The largest absolute Gasteiger partial charge is 0.508 e. The van der Waals surface area contributed by atoms with Crippen molar-refractivity contribution in [3.63, 3.8) is 0 Å². The fourth-order valence-electron chi connectivity index (χ4n) is 2.97. The molecule has 1 aromatic heterocycles. The maximum atomic E-state index is 9.77. The molecule has 0 aliphatic heterocycles. The third kappa shape index (κ3) is 2.52. The van der Waals surface area contributed by atoms with Gasteiger partial charge >= 0.3 is 0 Å². The molecule has 0 saturated heterocycles. The van der Waals surface area contributed by atoms with Gasteiger partial charge in [-0.25, -0.2) is 0 Å². The Balaban J connectivity index is 2.15. The van der Waals surface area contributed by atoms with Gasteiger partial charge < -0.3 is 15.4 Å². The van der Waals surface area contributed by atoms with Crippen LogP contribution < -0.4 is 5.73 Å². The Morgan fingerprint density at radius 3 is 2.57 bits per heavy atom. The molecular formula is C18H20N2O. The van der Waals surface area contributed by atoms with Crippen molar-refractivity contribution < 1.29 is 5.11 Å². The van der Waals surface area contributed by atoms with Gasteiger partial charge in [-0.2, -0.15) is 0 Å². The number of phenols is 1. The number of nitrogens with zero attached hydrogens (tertiary/aromatic N) is 1. The number of aromatic nitrogens is 1. The summed E-state index contributed by atoms with van der Waals surface area (Å²) in [6.45, 7) is 3.57. The van der Waals surface area contributed by atoms with Gasteiger partial charge in [-0.1, -0.05) is 30.3 Å². The fraction of sp³-hybridized carbons (Fsp3) is 0.222. The SMILES string of the molecule is Cc1c(CCN)c2cc(O)ccc2n1Cc1ccccc1. The average Bonchev–Trinajstić information content (AvgIpc) is 2.74. The Kier molecular flexibility index (Phi) is 3.67. The number of nitrogens with two attached hydrogens (primary N) is 1. The van der Waals surface area contributed by atoms with Gasteiger partial charge in [0.05, 0.1) is 0 Å². The Bertz CT molecular complexity index is 760. The zero-order valence-electron chi connectivity index (χ0n) is 12.2. The standard InChI is InChI=1S/C18H20N2O/c1-13-16(9-10-19)17-11-15(21)7-8-18(17)20(13)12-14-5-3-2-4-6-14/h2-8,11,21H,9-10,12,19H2,1H3. The minimum Gasteiger partial charge on any atom is -0.508 e. The minimum atomic E-state index is 0.303. The number of hydrogen-bond donors (Lipinski definition) is 2. The first-order valence-electron chi connectivity index (χ1n) is 7.25. The molecule has 0 unspecified atom stereocenters. The molecule has 108 valence electrons. The molecule has 0 aliphatic rings. The Morgan fingerprint density at radius 2 is 1.86 bits per heavy atom. The highest BCUT2D eigenvalue weighted by Gasteiger charge is 2.14. The highest BCUT2D eigenvalue weighted by molar-refractivity contribution is 5.87. The molecule has 3 aromatic rings. The van der Waals surface area contributed by atoms with Crippen LogP contribution in [-0.2, 0) is 13.0 Å². The van der Waals surface area contributed by atoms with Crippen LogP contribution in [0.4, 0.5) is 0 Å². The zero-order chi connectivity index (χ0) is 14.8. The molecule has 3 rings (SSSR count). The molecule has 0 saturated carbocycles. The second-order valence-electron chi connectivity index (χ2n) is 5.38. The van der Waals surface area contributed by atoms with Crippen LogP contribution in [0.3, 0.4) is 0 Å². The molecule has 3 heteroatoms. The monoisotopic (exact) mass is 280 g/mol. The number of hydrogen-bond acceptors (Lipinski definition) is 2. The topological polar surface area (TPSA) is 51.2 Å². The van der Waals surface area contributed by atoms with Crippen LogP contribution in [0, 0.1) is 6.92 Å². The molecule has 0 radical (unpaired) electrons. The van der Waals surface area contributed by atoms with Crippen LogP contribution in [-0.4, -0.2) is 16.2 Å². The van der Waals surface area contributed by atoms with Gasteiger partial charge in [-0.3, -0.25) is 0 Å².